The summed E-state index contributed by atoms with van der Waals surface area (Å²) in [5, 5.41) is 7.93. The van der Waals surface area contributed by atoms with Gasteiger partial charge in [0.2, 0.25) is 10.0 Å². The van der Waals surface area contributed by atoms with Crippen molar-refractivity contribution in [1.29, 1.82) is 0 Å². The highest BCUT2D eigenvalue weighted by Gasteiger charge is 2.37. The van der Waals surface area contributed by atoms with E-state index in [0.717, 1.165) is 0 Å². The van der Waals surface area contributed by atoms with Crippen LogP contribution >= 0.6 is 0 Å². The third-order valence-electron chi connectivity index (χ3n) is 3.47. The van der Waals surface area contributed by atoms with Crippen LogP contribution in [-0.2, 0) is 24.7 Å². The Morgan fingerprint density at radius 3 is 2.43 bits per heavy atom. The van der Waals surface area contributed by atoms with Gasteiger partial charge in [-0.15, -0.1) is 0 Å². The van der Waals surface area contributed by atoms with Gasteiger partial charge in [-0.2, -0.15) is 0 Å². The van der Waals surface area contributed by atoms with E-state index in [2.05, 4.69) is 4.72 Å². The quantitative estimate of drug-likeness (QED) is 0.652. The van der Waals surface area contributed by atoms with E-state index in [-0.39, 0.29) is 42.7 Å². The minimum atomic E-state index is -3.72. The zero-order chi connectivity index (χ0) is 16.3. The Balaban J connectivity index is 2.63. The summed E-state index contributed by atoms with van der Waals surface area (Å²) in [5.74, 6) is -1.47. The van der Waals surface area contributed by atoms with Crippen molar-refractivity contribution in [3.05, 3.63) is 0 Å². The van der Waals surface area contributed by atoms with Gasteiger partial charge in [-0.05, 0) is 24.7 Å². The molecule has 21 heavy (non-hydrogen) atoms. The molecule has 1 aliphatic heterocycles. The average molecular weight is 341 g/mol. The Morgan fingerprint density at radius 1 is 1.38 bits per heavy atom. The van der Waals surface area contributed by atoms with Crippen LogP contribution in [0, 0.1) is 11.8 Å². The molecule has 1 rings (SSSR count). The summed E-state index contributed by atoms with van der Waals surface area (Å²) in [6.45, 7) is 3.91. The Kier molecular flexibility index (Phi) is 6.18. The Morgan fingerprint density at radius 2 is 2.00 bits per heavy atom. The number of carbonyl (C=O) groups is 1. The maximum Gasteiger partial charge on any atom is 0.303 e. The summed E-state index contributed by atoms with van der Waals surface area (Å²) in [4.78, 5) is 10.8. The van der Waals surface area contributed by atoms with Crippen molar-refractivity contribution < 1.29 is 26.7 Å². The fourth-order valence-corrected chi connectivity index (χ4v) is 6.67. The number of rotatable bonds is 8. The van der Waals surface area contributed by atoms with Crippen LogP contribution in [0.3, 0.4) is 0 Å². The number of sulfone groups is 1. The minimum Gasteiger partial charge on any atom is -0.481 e. The molecule has 0 spiro atoms. The standard InChI is InChI=1S/C12H23NO6S2/c1-9(2)5-10(6-12(14)15)7-13-21(18,19)11-3-4-20(16,17)8-11/h9-11,13H,3-8H2,1-2H3,(H,14,15). The normalized spacial score (nSPS) is 23.3. The SMILES string of the molecule is CC(C)CC(CNS(=O)(=O)C1CCS(=O)(=O)C1)CC(=O)O. The van der Waals surface area contributed by atoms with Gasteiger partial charge in [-0.25, -0.2) is 21.6 Å². The molecule has 0 aromatic rings. The molecule has 2 atom stereocenters. The van der Waals surface area contributed by atoms with Crippen molar-refractivity contribution in [3.8, 4) is 0 Å². The van der Waals surface area contributed by atoms with Crippen LogP contribution in [0.5, 0.6) is 0 Å². The number of carboxylic acids is 1. The molecule has 2 N–H and O–H groups in total. The molecule has 1 fully saturated rings. The molecule has 0 aromatic heterocycles. The lowest BCUT2D eigenvalue weighted by Gasteiger charge is -2.19. The van der Waals surface area contributed by atoms with Crippen molar-refractivity contribution in [2.24, 2.45) is 11.8 Å². The number of carboxylic acid groups (broad SMARTS) is 1. The smallest absolute Gasteiger partial charge is 0.303 e. The van der Waals surface area contributed by atoms with E-state index in [0.29, 0.717) is 6.42 Å². The molecule has 0 saturated carbocycles. The van der Waals surface area contributed by atoms with E-state index in [9.17, 15) is 21.6 Å². The van der Waals surface area contributed by atoms with Gasteiger partial charge in [-0.1, -0.05) is 13.8 Å². The third kappa shape index (κ3) is 6.31. The maximum atomic E-state index is 12.1. The highest BCUT2D eigenvalue weighted by atomic mass is 32.2. The van der Waals surface area contributed by atoms with Crippen molar-refractivity contribution in [3.63, 3.8) is 0 Å². The zero-order valence-corrected chi connectivity index (χ0v) is 13.9. The number of sulfonamides is 1. The van der Waals surface area contributed by atoms with Gasteiger partial charge in [0.15, 0.2) is 9.84 Å². The largest absolute Gasteiger partial charge is 0.481 e. The van der Waals surface area contributed by atoms with E-state index in [1.165, 1.54) is 0 Å². The molecule has 7 nitrogen and oxygen atoms in total. The second-order valence-corrected chi connectivity index (χ2v) is 10.3. The molecule has 0 bridgehead atoms. The first-order valence-corrected chi connectivity index (χ1v) is 10.3. The molecule has 0 radical (unpaired) electrons. The number of aliphatic carboxylic acids is 1. The Bertz CT molecular complexity index is 567. The van der Waals surface area contributed by atoms with Gasteiger partial charge < -0.3 is 5.11 Å². The first-order chi connectivity index (χ1) is 9.52. The van der Waals surface area contributed by atoms with Crippen LogP contribution < -0.4 is 4.72 Å². The fourth-order valence-electron chi connectivity index (χ4n) is 2.51. The van der Waals surface area contributed by atoms with Gasteiger partial charge in [0.25, 0.3) is 0 Å². The second kappa shape index (κ2) is 7.06. The van der Waals surface area contributed by atoms with E-state index in [4.69, 9.17) is 5.11 Å². The maximum absolute atomic E-state index is 12.1. The second-order valence-electron chi connectivity index (χ2n) is 6.01. The number of nitrogens with one attached hydrogen (secondary N) is 1. The van der Waals surface area contributed by atoms with Crippen LogP contribution in [0.2, 0.25) is 0 Å². The summed E-state index contributed by atoms with van der Waals surface area (Å²) in [6.07, 6.45) is 0.590. The lowest BCUT2D eigenvalue weighted by molar-refractivity contribution is -0.138. The molecule has 1 heterocycles. The zero-order valence-electron chi connectivity index (χ0n) is 12.3. The molecular weight excluding hydrogens is 318 g/mol. The van der Waals surface area contributed by atoms with E-state index in [1.54, 1.807) is 0 Å². The van der Waals surface area contributed by atoms with Crippen molar-refractivity contribution in [1.82, 2.24) is 4.72 Å². The van der Waals surface area contributed by atoms with Gasteiger partial charge in [0.05, 0.1) is 16.8 Å². The molecule has 0 amide bonds. The van der Waals surface area contributed by atoms with Crippen LogP contribution in [-0.4, -0.2) is 51.2 Å². The molecule has 124 valence electrons. The topological polar surface area (TPSA) is 118 Å². The summed E-state index contributed by atoms with van der Waals surface area (Å²) in [6, 6.07) is 0. The Labute approximate surface area is 126 Å². The summed E-state index contributed by atoms with van der Waals surface area (Å²) < 4.78 is 49.2. The summed E-state index contributed by atoms with van der Waals surface area (Å²) in [7, 11) is -6.99. The van der Waals surface area contributed by atoms with Crippen LogP contribution in [0.1, 0.15) is 33.1 Å². The summed E-state index contributed by atoms with van der Waals surface area (Å²) in [5.41, 5.74) is 0. The molecule has 0 aromatic carbocycles. The van der Waals surface area contributed by atoms with Gasteiger partial charge >= 0.3 is 5.97 Å². The van der Waals surface area contributed by atoms with Crippen LogP contribution in [0.15, 0.2) is 0 Å². The van der Waals surface area contributed by atoms with Crippen molar-refractivity contribution >= 4 is 25.8 Å². The lowest BCUT2D eigenvalue weighted by Crippen LogP contribution is -2.38. The number of hydrogen-bond donors (Lipinski definition) is 2. The molecule has 2 unspecified atom stereocenters. The first kappa shape index (κ1) is 18.4. The van der Waals surface area contributed by atoms with Crippen molar-refractivity contribution in [2.75, 3.05) is 18.1 Å². The van der Waals surface area contributed by atoms with Crippen LogP contribution in [0.4, 0.5) is 0 Å². The molecular formula is C12H23NO6S2. The fraction of sp³-hybridized carbons (Fsp3) is 0.917. The average Bonchev–Trinajstić information content (AvgIpc) is 2.66. The summed E-state index contributed by atoms with van der Waals surface area (Å²) >= 11 is 0. The molecule has 1 aliphatic rings. The lowest BCUT2D eigenvalue weighted by atomic mass is 9.94. The predicted octanol–water partition coefficient (Wildman–Crippen LogP) is 0.230. The third-order valence-corrected chi connectivity index (χ3v) is 7.30. The van der Waals surface area contributed by atoms with Gasteiger partial charge in [-0.3, -0.25) is 4.79 Å². The molecule has 0 aliphatic carbocycles. The van der Waals surface area contributed by atoms with Gasteiger partial charge in [0.1, 0.15) is 0 Å². The van der Waals surface area contributed by atoms with E-state index >= 15 is 0 Å². The van der Waals surface area contributed by atoms with E-state index in [1.807, 2.05) is 13.8 Å². The molecule has 1 saturated heterocycles. The highest BCUT2D eigenvalue weighted by Crippen LogP contribution is 2.20. The van der Waals surface area contributed by atoms with Crippen LogP contribution in [0.25, 0.3) is 0 Å². The van der Waals surface area contributed by atoms with E-state index < -0.39 is 31.1 Å². The first-order valence-electron chi connectivity index (χ1n) is 6.92. The Hall–Kier alpha value is -0.670. The molecule has 9 heteroatoms. The number of hydrogen-bond acceptors (Lipinski definition) is 5. The van der Waals surface area contributed by atoms with Crippen molar-refractivity contribution in [2.45, 2.75) is 38.4 Å². The monoisotopic (exact) mass is 341 g/mol. The minimum absolute atomic E-state index is 0.0311. The van der Waals surface area contributed by atoms with Gasteiger partial charge in [0, 0.05) is 13.0 Å². The highest BCUT2D eigenvalue weighted by molar-refractivity contribution is 7.95. The predicted molar refractivity (Wildman–Crippen MR) is 79.2 cm³/mol.